The maximum absolute atomic E-state index is 12.0. The molecule has 0 atom stereocenters. The predicted molar refractivity (Wildman–Crippen MR) is 84.1 cm³/mol. The van der Waals surface area contributed by atoms with Crippen LogP contribution >= 0.6 is 0 Å². The molecule has 1 aliphatic rings. The monoisotopic (exact) mass is 285 g/mol. The molecule has 0 N–H and O–H groups in total. The van der Waals surface area contributed by atoms with Gasteiger partial charge in [-0.2, -0.15) is 0 Å². The van der Waals surface area contributed by atoms with E-state index in [2.05, 4.69) is 18.9 Å². The molecule has 0 amide bonds. The van der Waals surface area contributed by atoms with Crippen LogP contribution in [0.4, 0.5) is 0 Å². The summed E-state index contributed by atoms with van der Waals surface area (Å²) in [5, 5.41) is 0. The second-order valence-corrected chi connectivity index (χ2v) is 5.38. The zero-order valence-electron chi connectivity index (χ0n) is 12.7. The molecule has 2 rings (SSSR count). The van der Waals surface area contributed by atoms with E-state index >= 15 is 0 Å². The van der Waals surface area contributed by atoms with Gasteiger partial charge >= 0.3 is 0 Å². The van der Waals surface area contributed by atoms with Crippen molar-refractivity contribution in [2.24, 2.45) is 0 Å². The number of benzene rings is 1. The quantitative estimate of drug-likeness (QED) is 0.543. The summed E-state index contributed by atoms with van der Waals surface area (Å²) in [5.41, 5.74) is 1.04. The van der Waals surface area contributed by atoms with Crippen LogP contribution in [0.15, 0.2) is 24.3 Å². The minimum Gasteiger partial charge on any atom is -0.494 e. The Morgan fingerprint density at radius 3 is 2.81 bits per heavy atom. The van der Waals surface area contributed by atoms with Crippen molar-refractivity contribution < 1.29 is 9.53 Å². The van der Waals surface area contributed by atoms with Crippen LogP contribution in [-0.2, 0) is 11.2 Å². The van der Waals surface area contributed by atoms with Crippen LogP contribution in [-0.4, -0.2) is 30.4 Å². The smallest absolute Gasteiger partial charge is 0.157 e. The van der Waals surface area contributed by atoms with Crippen molar-refractivity contribution in [2.45, 2.75) is 39.0 Å². The minimum atomic E-state index is 0.214. The summed E-state index contributed by atoms with van der Waals surface area (Å²) >= 11 is 0. The van der Waals surface area contributed by atoms with Gasteiger partial charge in [0.15, 0.2) is 5.78 Å². The molecular formula is C18H23NO2. The second-order valence-electron chi connectivity index (χ2n) is 5.38. The van der Waals surface area contributed by atoms with Crippen molar-refractivity contribution in [1.29, 1.82) is 0 Å². The summed E-state index contributed by atoms with van der Waals surface area (Å²) in [6.45, 7) is 4.23. The van der Waals surface area contributed by atoms with Gasteiger partial charge in [-0.15, -0.1) is 0 Å². The SMILES string of the molecule is CCCCOc1ccc(CC(=O)CN2C#CCCC2)cc1. The molecule has 1 aromatic rings. The van der Waals surface area contributed by atoms with Gasteiger partial charge in [-0.1, -0.05) is 31.4 Å². The van der Waals surface area contributed by atoms with E-state index in [0.29, 0.717) is 13.0 Å². The number of ketones is 1. The first-order valence-electron chi connectivity index (χ1n) is 7.75. The van der Waals surface area contributed by atoms with Crippen LogP contribution in [0, 0.1) is 12.0 Å². The molecule has 21 heavy (non-hydrogen) atoms. The van der Waals surface area contributed by atoms with Gasteiger partial charge in [-0.25, -0.2) is 0 Å². The molecule has 0 spiro atoms. The summed E-state index contributed by atoms with van der Waals surface area (Å²) < 4.78 is 5.62. The number of rotatable bonds is 8. The van der Waals surface area contributed by atoms with E-state index in [9.17, 15) is 4.79 Å². The van der Waals surface area contributed by atoms with Gasteiger partial charge in [0.05, 0.1) is 13.2 Å². The summed E-state index contributed by atoms with van der Waals surface area (Å²) in [4.78, 5) is 14.0. The molecular weight excluding hydrogens is 262 g/mol. The minimum absolute atomic E-state index is 0.214. The number of carbonyl (C=O) groups excluding carboxylic acids is 1. The molecule has 0 saturated carbocycles. The number of unbranched alkanes of at least 4 members (excludes halogenated alkanes) is 1. The Morgan fingerprint density at radius 2 is 2.14 bits per heavy atom. The summed E-state index contributed by atoms with van der Waals surface area (Å²) in [7, 11) is 0. The number of hydrogen-bond donors (Lipinski definition) is 0. The number of Topliss-reactive ketones (excluding diaryl/α,β-unsaturated/α-hetero) is 1. The van der Waals surface area contributed by atoms with E-state index < -0.39 is 0 Å². The number of nitrogens with zero attached hydrogens (tertiary/aromatic N) is 1. The zero-order valence-corrected chi connectivity index (χ0v) is 12.7. The molecule has 0 radical (unpaired) electrons. The Hall–Kier alpha value is -1.95. The van der Waals surface area contributed by atoms with Gasteiger partial charge < -0.3 is 9.64 Å². The number of hydrogen-bond acceptors (Lipinski definition) is 3. The lowest BCUT2D eigenvalue weighted by Crippen LogP contribution is -2.29. The molecule has 112 valence electrons. The highest BCUT2D eigenvalue weighted by Gasteiger charge is 2.10. The second kappa shape index (κ2) is 8.36. The van der Waals surface area contributed by atoms with Crippen molar-refractivity contribution in [3.05, 3.63) is 29.8 Å². The van der Waals surface area contributed by atoms with Crippen LogP contribution in [0.2, 0.25) is 0 Å². The first-order chi connectivity index (χ1) is 10.3. The predicted octanol–water partition coefficient (Wildman–Crippen LogP) is 3.03. The fourth-order valence-corrected chi connectivity index (χ4v) is 2.23. The molecule has 1 aromatic carbocycles. The lowest BCUT2D eigenvalue weighted by Gasteiger charge is -2.18. The van der Waals surface area contributed by atoms with Crippen molar-refractivity contribution in [2.75, 3.05) is 19.7 Å². The molecule has 1 aliphatic heterocycles. The molecule has 0 aromatic heterocycles. The van der Waals surface area contributed by atoms with Gasteiger partial charge in [-0.3, -0.25) is 4.79 Å². The highest BCUT2D eigenvalue weighted by molar-refractivity contribution is 5.83. The van der Waals surface area contributed by atoms with Crippen LogP contribution in [0.25, 0.3) is 0 Å². The third kappa shape index (κ3) is 5.51. The molecule has 0 unspecified atom stereocenters. The van der Waals surface area contributed by atoms with Crippen LogP contribution in [0.5, 0.6) is 5.75 Å². The van der Waals surface area contributed by atoms with E-state index in [4.69, 9.17) is 4.74 Å². The largest absolute Gasteiger partial charge is 0.494 e. The highest BCUT2D eigenvalue weighted by Crippen LogP contribution is 2.13. The molecule has 0 aliphatic carbocycles. The van der Waals surface area contributed by atoms with Gasteiger partial charge in [0.2, 0.25) is 0 Å². The maximum atomic E-state index is 12.0. The average Bonchev–Trinajstić information content (AvgIpc) is 2.50. The van der Waals surface area contributed by atoms with Crippen molar-refractivity contribution in [3.8, 4) is 17.7 Å². The Kier molecular flexibility index (Phi) is 6.15. The Balaban J connectivity index is 1.78. The molecule has 0 fully saturated rings. The van der Waals surface area contributed by atoms with E-state index in [-0.39, 0.29) is 5.78 Å². The van der Waals surface area contributed by atoms with E-state index in [0.717, 1.165) is 50.1 Å². The molecule has 3 nitrogen and oxygen atoms in total. The Morgan fingerprint density at radius 1 is 1.33 bits per heavy atom. The fraction of sp³-hybridized carbons (Fsp3) is 0.500. The first kappa shape index (κ1) is 15.4. The summed E-state index contributed by atoms with van der Waals surface area (Å²) in [6, 6.07) is 10.8. The third-order valence-corrected chi connectivity index (χ3v) is 3.43. The normalized spacial score (nSPS) is 13.5. The summed E-state index contributed by atoms with van der Waals surface area (Å²) in [6.07, 6.45) is 4.67. The number of carbonyl (C=O) groups is 1. The van der Waals surface area contributed by atoms with Gasteiger partial charge in [0.1, 0.15) is 5.75 Å². The van der Waals surface area contributed by atoms with Crippen LogP contribution in [0.3, 0.4) is 0 Å². The average molecular weight is 285 g/mol. The van der Waals surface area contributed by atoms with Crippen LogP contribution < -0.4 is 4.74 Å². The lowest BCUT2D eigenvalue weighted by atomic mass is 10.1. The summed E-state index contributed by atoms with van der Waals surface area (Å²) in [5.74, 6) is 4.13. The van der Waals surface area contributed by atoms with E-state index in [1.54, 1.807) is 0 Å². The standard InChI is InChI=1S/C18H23NO2/c1-2-3-13-21-18-9-7-16(8-10-18)14-17(20)15-19-11-5-4-6-12-19/h7-10H,2-5,11,13-15H2,1H3. The van der Waals surface area contributed by atoms with Crippen LogP contribution in [0.1, 0.15) is 38.2 Å². The lowest BCUT2D eigenvalue weighted by molar-refractivity contribution is -0.118. The van der Waals surface area contributed by atoms with Gasteiger partial charge in [-0.05, 0) is 30.5 Å². The third-order valence-electron chi connectivity index (χ3n) is 3.43. The molecule has 0 saturated heterocycles. The van der Waals surface area contributed by atoms with Gasteiger partial charge in [0, 0.05) is 25.4 Å². The maximum Gasteiger partial charge on any atom is 0.157 e. The molecule has 0 bridgehead atoms. The van der Waals surface area contributed by atoms with E-state index in [1.165, 1.54) is 0 Å². The highest BCUT2D eigenvalue weighted by atomic mass is 16.5. The fourth-order valence-electron chi connectivity index (χ4n) is 2.23. The Labute approximate surface area is 127 Å². The van der Waals surface area contributed by atoms with E-state index in [1.807, 2.05) is 29.2 Å². The van der Waals surface area contributed by atoms with Crippen molar-refractivity contribution in [3.63, 3.8) is 0 Å². The Bertz CT molecular complexity index is 510. The number of ether oxygens (including phenoxy) is 1. The van der Waals surface area contributed by atoms with Crippen molar-refractivity contribution >= 4 is 5.78 Å². The zero-order chi connectivity index (χ0) is 14.9. The first-order valence-corrected chi connectivity index (χ1v) is 7.75. The van der Waals surface area contributed by atoms with Crippen molar-refractivity contribution in [1.82, 2.24) is 4.90 Å². The van der Waals surface area contributed by atoms with Gasteiger partial charge in [0.25, 0.3) is 0 Å². The molecule has 1 heterocycles. The molecule has 3 heteroatoms. The topological polar surface area (TPSA) is 29.5 Å².